The van der Waals surface area contributed by atoms with Gasteiger partial charge in [-0.3, -0.25) is 4.79 Å². The van der Waals surface area contributed by atoms with E-state index in [-0.39, 0.29) is 17.9 Å². The van der Waals surface area contributed by atoms with Crippen molar-refractivity contribution in [3.8, 4) is 0 Å². The molecule has 0 radical (unpaired) electrons. The van der Waals surface area contributed by atoms with Crippen LogP contribution in [0.3, 0.4) is 0 Å². The van der Waals surface area contributed by atoms with Crippen LogP contribution >= 0.6 is 22.9 Å². The first-order valence-electron chi connectivity index (χ1n) is 10.3. The van der Waals surface area contributed by atoms with Crippen LogP contribution in [0.1, 0.15) is 16.7 Å². The molecule has 1 amide bonds. The lowest BCUT2D eigenvalue weighted by Crippen LogP contribution is -2.50. The van der Waals surface area contributed by atoms with E-state index in [1.54, 1.807) is 0 Å². The molecule has 6 nitrogen and oxygen atoms in total. The fraction of sp³-hybridized carbons (Fsp3) is 0.167. The molecule has 9 heteroatoms. The molecule has 168 valence electrons. The third-order valence-electron chi connectivity index (χ3n) is 5.70. The maximum absolute atomic E-state index is 13.5. The summed E-state index contributed by atoms with van der Waals surface area (Å²) in [7, 11) is -3.94. The number of aryl methyl sites for hydroxylation is 1. The summed E-state index contributed by atoms with van der Waals surface area (Å²) < 4.78 is 29.3. The summed E-state index contributed by atoms with van der Waals surface area (Å²) in [6.07, 6.45) is 0.277. The lowest BCUT2D eigenvalue weighted by Gasteiger charge is -2.34. The zero-order chi connectivity index (χ0) is 23.2. The number of hydrogen-bond donors (Lipinski definition) is 1. The number of amides is 1. The number of rotatable bonds is 4. The van der Waals surface area contributed by atoms with Crippen molar-refractivity contribution in [2.75, 3.05) is 5.32 Å². The molecule has 5 rings (SSSR count). The standard InChI is InChI=1S/C24H20ClN3O3S2/c1-15-6-11-20-22(12-15)32-24(26-20)27-23(29)21-13-16-4-2-3-5-17(16)14-28(21)33(30,31)19-9-7-18(25)8-10-19/h2-12,21H,13-14H2,1H3,(H,26,27,29)/t21-/m0/s1. The number of fused-ring (bicyclic) bond motifs is 2. The van der Waals surface area contributed by atoms with Gasteiger partial charge in [-0.15, -0.1) is 0 Å². The molecule has 1 aliphatic rings. The predicted molar refractivity (Wildman–Crippen MR) is 131 cm³/mol. The predicted octanol–water partition coefficient (Wildman–Crippen LogP) is 5.01. The maximum atomic E-state index is 13.5. The molecule has 3 aromatic carbocycles. The van der Waals surface area contributed by atoms with Crippen molar-refractivity contribution in [3.05, 3.63) is 88.4 Å². The summed E-state index contributed by atoms with van der Waals surface area (Å²) in [5.74, 6) is -0.405. The van der Waals surface area contributed by atoms with Crippen molar-refractivity contribution in [2.45, 2.75) is 30.8 Å². The number of sulfonamides is 1. The lowest BCUT2D eigenvalue weighted by atomic mass is 9.95. The molecule has 1 aliphatic heterocycles. The largest absolute Gasteiger partial charge is 0.301 e. The van der Waals surface area contributed by atoms with Crippen molar-refractivity contribution in [1.82, 2.24) is 9.29 Å². The third-order valence-corrected chi connectivity index (χ3v) is 8.76. The summed E-state index contributed by atoms with van der Waals surface area (Å²) in [6.45, 7) is 2.11. The van der Waals surface area contributed by atoms with E-state index in [4.69, 9.17) is 11.6 Å². The summed E-state index contributed by atoms with van der Waals surface area (Å²) in [4.78, 5) is 18.0. The van der Waals surface area contributed by atoms with E-state index in [9.17, 15) is 13.2 Å². The highest BCUT2D eigenvalue weighted by atomic mass is 35.5. The Morgan fingerprint density at radius 1 is 1.09 bits per heavy atom. The van der Waals surface area contributed by atoms with E-state index >= 15 is 0 Å². The van der Waals surface area contributed by atoms with Crippen LogP contribution in [0.15, 0.2) is 71.6 Å². The first-order valence-corrected chi connectivity index (χ1v) is 13.0. The van der Waals surface area contributed by atoms with Crippen LogP contribution < -0.4 is 5.32 Å². The number of halogens is 1. The molecule has 2 heterocycles. The number of thiazole rings is 1. The van der Waals surface area contributed by atoms with Gasteiger partial charge in [0.2, 0.25) is 15.9 Å². The van der Waals surface area contributed by atoms with Gasteiger partial charge in [0.05, 0.1) is 15.1 Å². The Balaban J connectivity index is 1.50. The molecule has 0 saturated carbocycles. The number of anilines is 1. The highest BCUT2D eigenvalue weighted by molar-refractivity contribution is 7.89. The van der Waals surface area contributed by atoms with Gasteiger partial charge in [0, 0.05) is 11.6 Å². The van der Waals surface area contributed by atoms with Crippen molar-refractivity contribution >= 4 is 54.2 Å². The molecule has 1 N–H and O–H groups in total. The fourth-order valence-corrected chi connectivity index (χ4v) is 6.65. The average molecular weight is 498 g/mol. The Hall–Kier alpha value is -2.78. The molecular weight excluding hydrogens is 478 g/mol. The summed E-state index contributed by atoms with van der Waals surface area (Å²) in [6, 6.07) is 18.6. The summed E-state index contributed by atoms with van der Waals surface area (Å²) in [5.41, 5.74) is 3.74. The van der Waals surface area contributed by atoms with Crippen molar-refractivity contribution < 1.29 is 13.2 Å². The molecule has 0 unspecified atom stereocenters. The SMILES string of the molecule is Cc1ccc2nc(NC(=O)[C@@H]3Cc4ccccc4CN3S(=O)(=O)c3ccc(Cl)cc3)sc2c1. The van der Waals surface area contributed by atoms with Gasteiger partial charge in [0.25, 0.3) is 0 Å². The van der Waals surface area contributed by atoms with E-state index < -0.39 is 22.0 Å². The number of nitrogens with one attached hydrogen (secondary N) is 1. The van der Waals surface area contributed by atoms with Gasteiger partial charge in [-0.05, 0) is 66.4 Å². The third kappa shape index (κ3) is 4.27. The second-order valence-corrected chi connectivity index (χ2v) is 11.3. The molecule has 4 aromatic rings. The van der Waals surface area contributed by atoms with Gasteiger partial charge in [0.15, 0.2) is 5.13 Å². The van der Waals surface area contributed by atoms with Gasteiger partial charge in [0.1, 0.15) is 6.04 Å². The van der Waals surface area contributed by atoms with Gasteiger partial charge in [-0.1, -0.05) is 53.3 Å². The molecule has 0 bridgehead atoms. The van der Waals surface area contributed by atoms with Crippen LogP contribution in [-0.4, -0.2) is 29.7 Å². The minimum atomic E-state index is -3.94. The Morgan fingerprint density at radius 3 is 2.58 bits per heavy atom. The van der Waals surface area contributed by atoms with Crippen molar-refractivity contribution in [2.24, 2.45) is 0 Å². The Bertz CT molecular complexity index is 1470. The van der Waals surface area contributed by atoms with Crippen LogP contribution in [0.2, 0.25) is 5.02 Å². The monoisotopic (exact) mass is 497 g/mol. The normalized spacial score (nSPS) is 16.5. The van der Waals surface area contributed by atoms with Gasteiger partial charge < -0.3 is 5.32 Å². The number of aromatic nitrogens is 1. The first-order chi connectivity index (χ1) is 15.8. The first kappa shape index (κ1) is 22.0. The molecule has 0 spiro atoms. The van der Waals surface area contributed by atoms with E-state index in [2.05, 4.69) is 10.3 Å². The Morgan fingerprint density at radius 2 is 1.82 bits per heavy atom. The van der Waals surface area contributed by atoms with E-state index in [0.717, 1.165) is 26.9 Å². The smallest absolute Gasteiger partial charge is 0.244 e. The quantitative estimate of drug-likeness (QED) is 0.429. The molecular formula is C24H20ClN3O3S2. The van der Waals surface area contributed by atoms with Crippen LogP contribution in [0.4, 0.5) is 5.13 Å². The molecule has 0 aliphatic carbocycles. The highest BCUT2D eigenvalue weighted by Crippen LogP contribution is 2.32. The number of hydrogen-bond acceptors (Lipinski definition) is 5. The number of carbonyl (C=O) groups is 1. The average Bonchev–Trinajstić information content (AvgIpc) is 3.19. The second kappa shape index (κ2) is 8.53. The highest BCUT2D eigenvalue weighted by Gasteiger charge is 2.39. The van der Waals surface area contributed by atoms with Crippen LogP contribution in [-0.2, 0) is 27.8 Å². The van der Waals surface area contributed by atoms with Gasteiger partial charge in [-0.2, -0.15) is 4.31 Å². The zero-order valence-electron chi connectivity index (χ0n) is 17.7. The van der Waals surface area contributed by atoms with E-state index in [1.807, 2.05) is 49.4 Å². The van der Waals surface area contributed by atoms with Crippen LogP contribution in [0.5, 0.6) is 0 Å². The van der Waals surface area contributed by atoms with Crippen LogP contribution in [0.25, 0.3) is 10.2 Å². The van der Waals surface area contributed by atoms with E-state index in [1.165, 1.54) is 39.9 Å². The Kier molecular flexibility index (Phi) is 5.70. The van der Waals surface area contributed by atoms with E-state index in [0.29, 0.717) is 10.2 Å². The molecule has 1 atom stereocenters. The minimum absolute atomic E-state index is 0.0968. The van der Waals surface area contributed by atoms with Gasteiger partial charge >= 0.3 is 0 Å². The van der Waals surface area contributed by atoms with Crippen molar-refractivity contribution in [1.29, 1.82) is 0 Å². The number of carbonyl (C=O) groups excluding carboxylic acids is 1. The second-order valence-electron chi connectivity index (χ2n) is 7.97. The number of nitrogens with zero attached hydrogens (tertiary/aromatic N) is 2. The lowest BCUT2D eigenvalue weighted by molar-refractivity contribution is -0.120. The topological polar surface area (TPSA) is 79.4 Å². The molecule has 1 aromatic heterocycles. The molecule has 0 fully saturated rings. The molecule has 0 saturated heterocycles. The minimum Gasteiger partial charge on any atom is -0.301 e. The van der Waals surface area contributed by atoms with Crippen LogP contribution in [0, 0.1) is 6.92 Å². The number of benzene rings is 3. The van der Waals surface area contributed by atoms with Crippen molar-refractivity contribution in [3.63, 3.8) is 0 Å². The molecule has 33 heavy (non-hydrogen) atoms. The summed E-state index contributed by atoms with van der Waals surface area (Å²) in [5, 5.41) is 3.75. The zero-order valence-corrected chi connectivity index (χ0v) is 20.0. The van der Waals surface area contributed by atoms with Gasteiger partial charge in [-0.25, -0.2) is 13.4 Å². The maximum Gasteiger partial charge on any atom is 0.244 e. The fourth-order valence-electron chi connectivity index (χ4n) is 3.99. The Labute approximate surface area is 200 Å². The summed E-state index contributed by atoms with van der Waals surface area (Å²) >= 11 is 7.32.